The number of nitrogens with zero attached hydrogens (tertiary/aromatic N) is 1. The number of rotatable bonds is 7. The van der Waals surface area contributed by atoms with Crippen LogP contribution < -0.4 is 9.47 Å². The topological polar surface area (TPSA) is 55.8 Å². The first-order valence-electron chi connectivity index (χ1n) is 6.66. The summed E-state index contributed by atoms with van der Waals surface area (Å²) in [6.45, 7) is 6.84. The highest BCUT2D eigenvalue weighted by Gasteiger charge is 2.21. The predicted molar refractivity (Wildman–Crippen MR) is 76.4 cm³/mol. The second kappa shape index (κ2) is 7.53. The van der Waals surface area contributed by atoms with Gasteiger partial charge in [0.15, 0.2) is 17.6 Å². The number of amides is 1. The maximum absolute atomic E-state index is 12.1. The summed E-state index contributed by atoms with van der Waals surface area (Å²) in [6, 6.07) is 4.84. The van der Waals surface area contributed by atoms with Crippen LogP contribution in [0.2, 0.25) is 0 Å². The molecule has 110 valence electrons. The van der Waals surface area contributed by atoms with E-state index in [1.54, 1.807) is 30.0 Å². The lowest BCUT2D eigenvalue weighted by atomic mass is 10.2. The summed E-state index contributed by atoms with van der Waals surface area (Å²) in [4.78, 5) is 24.6. The molecule has 5 heteroatoms. The number of benzene rings is 1. The van der Waals surface area contributed by atoms with E-state index in [-0.39, 0.29) is 5.91 Å². The molecule has 0 saturated carbocycles. The third kappa shape index (κ3) is 3.73. The number of hydrogen-bond acceptors (Lipinski definition) is 4. The van der Waals surface area contributed by atoms with Gasteiger partial charge in [0.05, 0.1) is 7.11 Å². The van der Waals surface area contributed by atoms with E-state index in [4.69, 9.17) is 9.47 Å². The Morgan fingerprint density at radius 1 is 1.30 bits per heavy atom. The van der Waals surface area contributed by atoms with Crippen molar-refractivity contribution in [2.75, 3.05) is 20.2 Å². The van der Waals surface area contributed by atoms with Crippen LogP contribution in [0.15, 0.2) is 18.2 Å². The first-order chi connectivity index (χ1) is 9.57. The van der Waals surface area contributed by atoms with Crippen LogP contribution in [-0.2, 0) is 4.79 Å². The van der Waals surface area contributed by atoms with Crippen molar-refractivity contribution < 1.29 is 19.1 Å². The van der Waals surface area contributed by atoms with Gasteiger partial charge < -0.3 is 14.4 Å². The first kappa shape index (κ1) is 16.0. The molecule has 0 aliphatic carbocycles. The minimum Gasteiger partial charge on any atom is -0.493 e. The third-order valence-corrected chi connectivity index (χ3v) is 3.05. The predicted octanol–water partition coefficient (Wildman–Crippen LogP) is 2.14. The molecule has 0 radical (unpaired) electrons. The zero-order chi connectivity index (χ0) is 15.1. The molecule has 0 aliphatic heterocycles. The fourth-order valence-electron chi connectivity index (χ4n) is 1.89. The number of carbonyl (C=O) groups is 2. The van der Waals surface area contributed by atoms with E-state index in [1.165, 1.54) is 7.11 Å². The number of carbonyl (C=O) groups excluding carboxylic acids is 2. The van der Waals surface area contributed by atoms with Gasteiger partial charge in [-0.05, 0) is 39.0 Å². The van der Waals surface area contributed by atoms with Crippen LogP contribution in [0.3, 0.4) is 0 Å². The smallest absolute Gasteiger partial charge is 0.263 e. The van der Waals surface area contributed by atoms with Gasteiger partial charge in [-0.1, -0.05) is 0 Å². The van der Waals surface area contributed by atoms with Gasteiger partial charge in [-0.3, -0.25) is 9.59 Å². The van der Waals surface area contributed by atoms with Gasteiger partial charge in [0.2, 0.25) is 0 Å². The SMILES string of the molecule is CCN(CC)C(=O)C(C)Oc1ccc(C=O)cc1OC. The summed E-state index contributed by atoms with van der Waals surface area (Å²) < 4.78 is 10.8. The van der Waals surface area contributed by atoms with Crippen LogP contribution in [0.5, 0.6) is 11.5 Å². The Balaban J connectivity index is 2.87. The summed E-state index contributed by atoms with van der Waals surface area (Å²) in [5.74, 6) is 0.816. The number of ether oxygens (including phenoxy) is 2. The second-order valence-corrected chi connectivity index (χ2v) is 4.30. The summed E-state index contributed by atoms with van der Waals surface area (Å²) in [5, 5.41) is 0. The zero-order valence-corrected chi connectivity index (χ0v) is 12.4. The number of aldehydes is 1. The molecule has 1 unspecified atom stereocenters. The molecule has 1 atom stereocenters. The van der Waals surface area contributed by atoms with E-state index >= 15 is 0 Å². The van der Waals surface area contributed by atoms with Crippen LogP contribution in [0, 0.1) is 0 Å². The van der Waals surface area contributed by atoms with Crippen LogP contribution >= 0.6 is 0 Å². The molecule has 5 nitrogen and oxygen atoms in total. The minimum absolute atomic E-state index is 0.0727. The van der Waals surface area contributed by atoms with Gasteiger partial charge in [0.25, 0.3) is 5.91 Å². The maximum Gasteiger partial charge on any atom is 0.263 e. The lowest BCUT2D eigenvalue weighted by Crippen LogP contribution is -2.40. The van der Waals surface area contributed by atoms with E-state index < -0.39 is 6.10 Å². The minimum atomic E-state index is -0.606. The monoisotopic (exact) mass is 279 g/mol. The Labute approximate surface area is 119 Å². The highest BCUT2D eigenvalue weighted by Crippen LogP contribution is 2.28. The van der Waals surface area contributed by atoms with Crippen LogP contribution in [0.25, 0.3) is 0 Å². The second-order valence-electron chi connectivity index (χ2n) is 4.30. The van der Waals surface area contributed by atoms with Gasteiger partial charge in [-0.15, -0.1) is 0 Å². The van der Waals surface area contributed by atoms with Crippen molar-refractivity contribution in [3.05, 3.63) is 23.8 Å². The van der Waals surface area contributed by atoms with Gasteiger partial charge in [0.1, 0.15) is 6.29 Å². The molecule has 20 heavy (non-hydrogen) atoms. The fourth-order valence-corrected chi connectivity index (χ4v) is 1.89. The number of methoxy groups -OCH3 is 1. The molecule has 1 amide bonds. The van der Waals surface area contributed by atoms with Crippen molar-refractivity contribution in [3.63, 3.8) is 0 Å². The summed E-state index contributed by atoms with van der Waals surface area (Å²) in [5.41, 5.74) is 0.497. The third-order valence-electron chi connectivity index (χ3n) is 3.05. The standard InChI is InChI=1S/C15H21NO4/c1-5-16(6-2)15(18)11(3)20-13-8-7-12(10-17)9-14(13)19-4/h7-11H,5-6H2,1-4H3. The largest absolute Gasteiger partial charge is 0.493 e. The zero-order valence-electron chi connectivity index (χ0n) is 12.4. The molecule has 0 aromatic heterocycles. The summed E-state index contributed by atoms with van der Waals surface area (Å²) in [6.07, 6.45) is 0.127. The van der Waals surface area contributed by atoms with E-state index in [9.17, 15) is 9.59 Å². The molecule has 0 spiro atoms. The summed E-state index contributed by atoms with van der Waals surface area (Å²) in [7, 11) is 1.49. The molecule has 1 rings (SSSR count). The van der Waals surface area contributed by atoms with E-state index in [2.05, 4.69) is 0 Å². The Morgan fingerprint density at radius 2 is 1.95 bits per heavy atom. The average Bonchev–Trinajstić information content (AvgIpc) is 2.48. The molecular weight excluding hydrogens is 258 g/mol. The van der Waals surface area contributed by atoms with Crippen molar-refractivity contribution in [2.45, 2.75) is 26.9 Å². The molecular formula is C15H21NO4. The van der Waals surface area contributed by atoms with Gasteiger partial charge >= 0.3 is 0 Å². The van der Waals surface area contributed by atoms with Crippen LogP contribution in [0.1, 0.15) is 31.1 Å². The molecule has 1 aromatic carbocycles. The quantitative estimate of drug-likeness (QED) is 0.718. The molecule has 0 fully saturated rings. The van der Waals surface area contributed by atoms with Gasteiger partial charge in [0, 0.05) is 18.7 Å². The lowest BCUT2D eigenvalue weighted by molar-refractivity contribution is -0.137. The average molecular weight is 279 g/mol. The molecule has 0 N–H and O–H groups in total. The van der Waals surface area contributed by atoms with E-state index in [0.29, 0.717) is 30.2 Å². The fraction of sp³-hybridized carbons (Fsp3) is 0.467. The molecule has 0 bridgehead atoms. The highest BCUT2D eigenvalue weighted by atomic mass is 16.5. The number of likely N-dealkylation sites (N-methyl/N-ethyl adjacent to an activating group) is 1. The molecule has 0 heterocycles. The Bertz CT molecular complexity index is 469. The van der Waals surface area contributed by atoms with Crippen molar-refractivity contribution >= 4 is 12.2 Å². The Morgan fingerprint density at radius 3 is 2.45 bits per heavy atom. The van der Waals surface area contributed by atoms with Crippen LogP contribution in [0.4, 0.5) is 0 Å². The molecule has 1 aromatic rings. The summed E-state index contributed by atoms with van der Waals surface area (Å²) >= 11 is 0. The molecule has 0 aliphatic rings. The van der Waals surface area contributed by atoms with Crippen molar-refractivity contribution in [3.8, 4) is 11.5 Å². The van der Waals surface area contributed by atoms with Crippen molar-refractivity contribution in [1.29, 1.82) is 0 Å². The van der Waals surface area contributed by atoms with Crippen molar-refractivity contribution in [1.82, 2.24) is 4.90 Å². The Kier molecular flexibility index (Phi) is 6.03. The normalized spacial score (nSPS) is 11.6. The van der Waals surface area contributed by atoms with Crippen LogP contribution in [-0.4, -0.2) is 43.4 Å². The van der Waals surface area contributed by atoms with Gasteiger partial charge in [-0.25, -0.2) is 0 Å². The Hall–Kier alpha value is -2.04. The van der Waals surface area contributed by atoms with E-state index in [0.717, 1.165) is 6.29 Å². The van der Waals surface area contributed by atoms with E-state index in [1.807, 2.05) is 13.8 Å². The lowest BCUT2D eigenvalue weighted by Gasteiger charge is -2.24. The number of hydrogen-bond donors (Lipinski definition) is 0. The maximum atomic E-state index is 12.1. The van der Waals surface area contributed by atoms with Crippen molar-refractivity contribution in [2.24, 2.45) is 0 Å². The highest BCUT2D eigenvalue weighted by molar-refractivity contribution is 5.81. The first-order valence-corrected chi connectivity index (χ1v) is 6.66. The van der Waals surface area contributed by atoms with Gasteiger partial charge in [-0.2, -0.15) is 0 Å². The molecule has 0 saturated heterocycles.